The van der Waals surface area contributed by atoms with Crippen molar-refractivity contribution in [3.63, 3.8) is 0 Å². The van der Waals surface area contributed by atoms with Crippen LogP contribution in [0.5, 0.6) is 11.5 Å². The summed E-state index contributed by atoms with van der Waals surface area (Å²) >= 11 is 0. The number of halogens is 2. The lowest BCUT2D eigenvalue weighted by atomic mass is 10.0. The van der Waals surface area contributed by atoms with Gasteiger partial charge in [-0.2, -0.15) is 0 Å². The van der Waals surface area contributed by atoms with Crippen LogP contribution >= 0.6 is 0 Å². The Morgan fingerprint density at radius 2 is 1.64 bits per heavy atom. The number of hydrogen-bond donors (Lipinski definition) is 0. The van der Waals surface area contributed by atoms with Crippen LogP contribution in [0.2, 0.25) is 0 Å². The molecule has 182 valence electrons. The van der Waals surface area contributed by atoms with Gasteiger partial charge in [0, 0.05) is 18.1 Å². The lowest BCUT2D eigenvalue weighted by Gasteiger charge is -2.18. The Bertz CT molecular complexity index is 1420. The molecular formula is C28H23F2N3O3. The lowest BCUT2D eigenvalue weighted by molar-refractivity contribution is 0.0764. The summed E-state index contributed by atoms with van der Waals surface area (Å²) in [5.41, 5.74) is 2.63. The minimum absolute atomic E-state index is 0.0769. The Morgan fingerprint density at radius 1 is 0.889 bits per heavy atom. The molecule has 0 atom stereocenters. The standard InChI is InChI=1S/C28H23F2N3O3/c1-35-19-12-11-18(24(14-19)36-2)15-33-16-23-26(28(33)34)22(13-17-7-4-3-5-8-17)31-27(32-23)25-20(29)9-6-10-21(25)30/h3-12,14H,13,15-16H2,1-2H3. The van der Waals surface area contributed by atoms with Crippen LogP contribution in [0.1, 0.15) is 32.9 Å². The van der Waals surface area contributed by atoms with Crippen molar-refractivity contribution in [3.05, 3.63) is 106 Å². The van der Waals surface area contributed by atoms with Crippen molar-refractivity contribution in [2.45, 2.75) is 19.5 Å². The number of carbonyl (C=O) groups is 1. The number of amides is 1. The number of hydrogen-bond acceptors (Lipinski definition) is 5. The van der Waals surface area contributed by atoms with Gasteiger partial charge in [0.25, 0.3) is 5.91 Å². The van der Waals surface area contributed by atoms with Crippen LogP contribution in [0.4, 0.5) is 8.78 Å². The van der Waals surface area contributed by atoms with Gasteiger partial charge in [-0.05, 0) is 29.8 Å². The summed E-state index contributed by atoms with van der Waals surface area (Å²) in [5.74, 6) is -0.613. The zero-order valence-electron chi connectivity index (χ0n) is 19.8. The van der Waals surface area contributed by atoms with Crippen LogP contribution < -0.4 is 9.47 Å². The molecule has 0 saturated heterocycles. The van der Waals surface area contributed by atoms with E-state index >= 15 is 0 Å². The number of rotatable bonds is 7. The molecule has 0 unspecified atom stereocenters. The highest BCUT2D eigenvalue weighted by Crippen LogP contribution is 2.33. The molecule has 1 aliphatic heterocycles. The lowest BCUT2D eigenvalue weighted by Crippen LogP contribution is -2.24. The van der Waals surface area contributed by atoms with Gasteiger partial charge in [-0.1, -0.05) is 36.4 Å². The van der Waals surface area contributed by atoms with E-state index in [9.17, 15) is 13.6 Å². The van der Waals surface area contributed by atoms with Gasteiger partial charge in [-0.25, -0.2) is 18.7 Å². The number of ether oxygens (including phenoxy) is 2. The van der Waals surface area contributed by atoms with E-state index in [0.717, 1.165) is 11.1 Å². The molecule has 0 bridgehead atoms. The van der Waals surface area contributed by atoms with E-state index in [-0.39, 0.29) is 30.4 Å². The second kappa shape index (κ2) is 9.73. The molecule has 0 saturated carbocycles. The van der Waals surface area contributed by atoms with Gasteiger partial charge >= 0.3 is 0 Å². The second-order valence-corrected chi connectivity index (χ2v) is 8.41. The van der Waals surface area contributed by atoms with Crippen molar-refractivity contribution in [2.24, 2.45) is 0 Å². The van der Waals surface area contributed by atoms with Gasteiger partial charge in [0.05, 0.1) is 49.8 Å². The van der Waals surface area contributed by atoms with Crippen molar-refractivity contribution in [1.29, 1.82) is 0 Å². The average molecular weight is 488 g/mol. The minimum Gasteiger partial charge on any atom is -0.497 e. The Balaban J connectivity index is 1.56. The molecular weight excluding hydrogens is 464 g/mol. The summed E-state index contributed by atoms with van der Waals surface area (Å²) < 4.78 is 40.0. The summed E-state index contributed by atoms with van der Waals surface area (Å²) in [6.07, 6.45) is 0.320. The molecule has 5 rings (SSSR count). The fourth-order valence-electron chi connectivity index (χ4n) is 4.39. The Hall–Kier alpha value is -4.33. The first-order valence-corrected chi connectivity index (χ1v) is 11.4. The molecule has 3 aromatic carbocycles. The summed E-state index contributed by atoms with van der Waals surface area (Å²) in [6, 6.07) is 18.5. The number of benzene rings is 3. The Labute approximate surface area is 207 Å². The molecule has 1 aliphatic rings. The molecule has 0 N–H and O–H groups in total. The summed E-state index contributed by atoms with van der Waals surface area (Å²) in [4.78, 5) is 24.1. The minimum atomic E-state index is -0.759. The van der Waals surface area contributed by atoms with Gasteiger partial charge in [-0.15, -0.1) is 0 Å². The van der Waals surface area contributed by atoms with Gasteiger partial charge < -0.3 is 14.4 Å². The topological polar surface area (TPSA) is 64.5 Å². The third kappa shape index (κ3) is 4.37. The van der Waals surface area contributed by atoms with Crippen molar-refractivity contribution in [2.75, 3.05) is 14.2 Å². The fourth-order valence-corrected chi connectivity index (χ4v) is 4.39. The second-order valence-electron chi connectivity index (χ2n) is 8.41. The van der Waals surface area contributed by atoms with Gasteiger partial charge in [0.15, 0.2) is 5.82 Å². The summed E-state index contributed by atoms with van der Waals surface area (Å²) in [7, 11) is 3.12. The Kier molecular flexibility index (Phi) is 6.33. The molecule has 8 heteroatoms. The van der Waals surface area contributed by atoms with E-state index in [1.54, 1.807) is 31.3 Å². The number of fused-ring (bicyclic) bond motifs is 1. The Morgan fingerprint density at radius 3 is 2.33 bits per heavy atom. The SMILES string of the molecule is COc1ccc(CN2Cc3nc(-c4c(F)cccc4F)nc(Cc4ccccc4)c3C2=O)c(OC)c1. The highest BCUT2D eigenvalue weighted by Gasteiger charge is 2.34. The zero-order chi connectivity index (χ0) is 25.2. The quantitative estimate of drug-likeness (QED) is 0.359. The number of carbonyl (C=O) groups excluding carboxylic acids is 1. The predicted molar refractivity (Wildman–Crippen MR) is 130 cm³/mol. The largest absolute Gasteiger partial charge is 0.497 e. The van der Waals surface area contributed by atoms with Crippen molar-refractivity contribution < 1.29 is 23.0 Å². The molecule has 1 amide bonds. The molecule has 4 aromatic rings. The molecule has 0 fully saturated rings. The van der Waals surface area contributed by atoms with E-state index in [1.807, 2.05) is 36.4 Å². The van der Waals surface area contributed by atoms with E-state index in [2.05, 4.69) is 9.97 Å². The van der Waals surface area contributed by atoms with Crippen LogP contribution in [0.15, 0.2) is 66.7 Å². The smallest absolute Gasteiger partial charge is 0.258 e. The summed E-state index contributed by atoms with van der Waals surface area (Å²) in [6.45, 7) is 0.438. The average Bonchev–Trinajstić information content (AvgIpc) is 3.20. The number of methoxy groups -OCH3 is 2. The first-order chi connectivity index (χ1) is 17.5. The molecule has 2 heterocycles. The molecule has 0 aliphatic carbocycles. The van der Waals surface area contributed by atoms with E-state index < -0.39 is 11.6 Å². The van der Waals surface area contributed by atoms with Crippen LogP contribution in [0.25, 0.3) is 11.4 Å². The van der Waals surface area contributed by atoms with Crippen LogP contribution in [0, 0.1) is 11.6 Å². The highest BCUT2D eigenvalue weighted by molar-refractivity contribution is 5.99. The fraction of sp³-hybridized carbons (Fsp3) is 0.179. The molecule has 6 nitrogen and oxygen atoms in total. The number of aromatic nitrogens is 2. The summed E-state index contributed by atoms with van der Waals surface area (Å²) in [5, 5.41) is 0. The van der Waals surface area contributed by atoms with Gasteiger partial charge in [0.2, 0.25) is 0 Å². The monoisotopic (exact) mass is 487 g/mol. The molecule has 1 aromatic heterocycles. The molecule has 36 heavy (non-hydrogen) atoms. The van der Waals surface area contributed by atoms with Crippen molar-refractivity contribution in [3.8, 4) is 22.9 Å². The van der Waals surface area contributed by atoms with Crippen molar-refractivity contribution in [1.82, 2.24) is 14.9 Å². The van der Waals surface area contributed by atoms with Crippen LogP contribution in [-0.2, 0) is 19.5 Å². The van der Waals surface area contributed by atoms with Gasteiger partial charge in [0.1, 0.15) is 23.1 Å². The highest BCUT2D eigenvalue weighted by atomic mass is 19.1. The first-order valence-electron chi connectivity index (χ1n) is 11.4. The maximum Gasteiger partial charge on any atom is 0.258 e. The normalized spacial score (nSPS) is 12.6. The maximum atomic E-state index is 14.6. The third-order valence-corrected chi connectivity index (χ3v) is 6.16. The molecule has 0 spiro atoms. The third-order valence-electron chi connectivity index (χ3n) is 6.16. The van der Waals surface area contributed by atoms with Crippen molar-refractivity contribution >= 4 is 5.91 Å². The first kappa shape index (κ1) is 23.4. The predicted octanol–water partition coefficient (Wildman–Crippen LogP) is 5.19. The molecule has 0 radical (unpaired) electrons. The zero-order valence-corrected chi connectivity index (χ0v) is 19.8. The van der Waals surface area contributed by atoms with E-state index in [4.69, 9.17) is 9.47 Å². The number of nitrogens with zero attached hydrogens (tertiary/aromatic N) is 3. The van der Waals surface area contributed by atoms with E-state index in [1.165, 1.54) is 18.2 Å². The van der Waals surface area contributed by atoms with Gasteiger partial charge in [-0.3, -0.25) is 4.79 Å². The van der Waals surface area contributed by atoms with E-state index in [0.29, 0.717) is 34.9 Å². The van der Waals surface area contributed by atoms with Crippen LogP contribution in [0.3, 0.4) is 0 Å². The van der Waals surface area contributed by atoms with Crippen LogP contribution in [-0.4, -0.2) is 35.0 Å². The maximum absolute atomic E-state index is 14.6.